The van der Waals surface area contributed by atoms with Crippen molar-refractivity contribution in [1.82, 2.24) is 10.2 Å². The minimum atomic E-state index is -3.59. The van der Waals surface area contributed by atoms with E-state index in [1.165, 1.54) is 16.3 Å². The van der Waals surface area contributed by atoms with Crippen LogP contribution in [0.4, 0.5) is 5.69 Å². The molecule has 0 bridgehead atoms. The number of hydrogen-bond donors (Lipinski definition) is 1. The van der Waals surface area contributed by atoms with Gasteiger partial charge in [-0.15, -0.1) is 0 Å². The maximum atomic E-state index is 13.3. The Bertz CT molecular complexity index is 1150. The van der Waals surface area contributed by atoms with Gasteiger partial charge in [-0.3, -0.25) is 13.9 Å². The predicted octanol–water partition coefficient (Wildman–Crippen LogP) is 4.23. The third kappa shape index (κ3) is 9.02. The van der Waals surface area contributed by atoms with Crippen LogP contribution in [0.5, 0.6) is 5.75 Å². The van der Waals surface area contributed by atoms with Crippen molar-refractivity contribution >= 4 is 39.1 Å². The molecule has 0 saturated heterocycles. The molecule has 0 fully saturated rings. The molecule has 0 aliphatic rings. The lowest BCUT2D eigenvalue weighted by molar-refractivity contribution is -0.141. The number of ether oxygens (including phenoxy) is 1. The second-order valence-electron chi connectivity index (χ2n) is 9.70. The van der Waals surface area contributed by atoms with Crippen LogP contribution in [0.3, 0.4) is 0 Å². The molecule has 0 spiro atoms. The number of nitrogens with one attached hydrogen (secondary N) is 1. The van der Waals surface area contributed by atoms with Gasteiger partial charge in [-0.2, -0.15) is 0 Å². The summed E-state index contributed by atoms with van der Waals surface area (Å²) >= 11 is 5.99. The molecule has 2 aromatic carbocycles. The number of halogens is 1. The van der Waals surface area contributed by atoms with E-state index < -0.39 is 21.6 Å². The first-order valence-electron chi connectivity index (χ1n) is 11.7. The summed E-state index contributed by atoms with van der Waals surface area (Å²) < 4.78 is 31.4. The molecule has 8 nitrogen and oxygen atoms in total. The molecule has 36 heavy (non-hydrogen) atoms. The largest absolute Gasteiger partial charge is 0.497 e. The summed E-state index contributed by atoms with van der Waals surface area (Å²) in [6.45, 7) is 7.65. The Morgan fingerprint density at radius 3 is 2.31 bits per heavy atom. The predicted molar refractivity (Wildman–Crippen MR) is 144 cm³/mol. The van der Waals surface area contributed by atoms with E-state index in [0.717, 1.165) is 11.8 Å². The zero-order valence-electron chi connectivity index (χ0n) is 21.7. The topological polar surface area (TPSA) is 96.0 Å². The van der Waals surface area contributed by atoms with Crippen LogP contribution >= 0.6 is 11.6 Å². The first-order valence-corrected chi connectivity index (χ1v) is 13.9. The van der Waals surface area contributed by atoms with Crippen molar-refractivity contribution in [3.8, 4) is 5.75 Å². The Hall–Kier alpha value is -2.78. The maximum absolute atomic E-state index is 13.3. The highest BCUT2D eigenvalue weighted by Crippen LogP contribution is 2.24. The molecular weight excluding hydrogens is 502 g/mol. The van der Waals surface area contributed by atoms with Crippen LogP contribution in [0.15, 0.2) is 48.5 Å². The van der Waals surface area contributed by atoms with Crippen molar-refractivity contribution in [2.45, 2.75) is 58.7 Å². The molecule has 2 rings (SSSR count). The molecule has 1 atom stereocenters. The number of methoxy groups -OCH3 is 1. The van der Waals surface area contributed by atoms with Crippen molar-refractivity contribution in [3.05, 3.63) is 59.1 Å². The fourth-order valence-corrected chi connectivity index (χ4v) is 4.70. The van der Waals surface area contributed by atoms with Gasteiger partial charge < -0.3 is 15.0 Å². The fraction of sp³-hybridized carbons (Fsp3) is 0.462. The van der Waals surface area contributed by atoms with E-state index in [4.69, 9.17) is 16.3 Å². The van der Waals surface area contributed by atoms with Crippen LogP contribution in [0.2, 0.25) is 5.02 Å². The second-order valence-corrected chi connectivity index (χ2v) is 12.0. The standard InChI is InChI=1S/C26H36ClN3O5S/c1-19(25(32)28-26(2,3)4)29(18-20-12-14-21(27)15-13-20)24(31)11-8-16-30(36(6,33)34)22-9-7-10-23(17-22)35-5/h7,9-10,12-15,17,19H,8,11,16,18H2,1-6H3,(H,28,32)/t19-/m1/s1. The maximum Gasteiger partial charge on any atom is 0.242 e. The lowest BCUT2D eigenvalue weighted by Gasteiger charge is -2.32. The number of benzene rings is 2. The molecule has 0 heterocycles. The van der Waals surface area contributed by atoms with Gasteiger partial charge >= 0.3 is 0 Å². The van der Waals surface area contributed by atoms with Crippen LogP contribution in [-0.4, -0.2) is 56.6 Å². The molecule has 1 N–H and O–H groups in total. The molecular formula is C26H36ClN3O5S. The molecule has 0 saturated carbocycles. The molecule has 0 unspecified atom stereocenters. The highest BCUT2D eigenvalue weighted by Gasteiger charge is 2.28. The number of carbonyl (C=O) groups excluding carboxylic acids is 2. The zero-order valence-corrected chi connectivity index (χ0v) is 23.3. The average Bonchev–Trinajstić information content (AvgIpc) is 2.79. The van der Waals surface area contributed by atoms with Gasteiger partial charge in [0.1, 0.15) is 11.8 Å². The highest BCUT2D eigenvalue weighted by molar-refractivity contribution is 7.92. The third-order valence-corrected chi connectivity index (χ3v) is 6.87. The summed E-state index contributed by atoms with van der Waals surface area (Å²) in [5, 5.41) is 3.50. The number of nitrogens with zero attached hydrogens (tertiary/aromatic N) is 2. The quantitative estimate of drug-likeness (QED) is 0.463. The van der Waals surface area contributed by atoms with Gasteiger partial charge in [0.05, 0.1) is 19.1 Å². The Kier molecular flexibility index (Phi) is 10.2. The molecule has 198 valence electrons. The Labute approximate surface area is 219 Å². The van der Waals surface area contributed by atoms with E-state index >= 15 is 0 Å². The zero-order chi connectivity index (χ0) is 27.1. The minimum Gasteiger partial charge on any atom is -0.497 e. The lowest BCUT2D eigenvalue weighted by Crippen LogP contribution is -2.52. The fourth-order valence-electron chi connectivity index (χ4n) is 3.61. The van der Waals surface area contributed by atoms with Crippen LogP contribution in [0, 0.1) is 0 Å². The summed E-state index contributed by atoms with van der Waals surface area (Å²) in [5.41, 5.74) is 0.838. The van der Waals surface area contributed by atoms with Crippen molar-refractivity contribution in [3.63, 3.8) is 0 Å². The summed E-state index contributed by atoms with van der Waals surface area (Å²) in [6.07, 6.45) is 1.46. The summed E-state index contributed by atoms with van der Waals surface area (Å²) in [6, 6.07) is 13.1. The molecule has 0 aromatic heterocycles. The van der Waals surface area contributed by atoms with E-state index in [1.807, 2.05) is 32.9 Å². The van der Waals surface area contributed by atoms with Gasteiger partial charge in [-0.05, 0) is 63.9 Å². The molecule has 2 amide bonds. The van der Waals surface area contributed by atoms with E-state index in [9.17, 15) is 18.0 Å². The van der Waals surface area contributed by atoms with Gasteiger partial charge in [0.2, 0.25) is 21.8 Å². The van der Waals surface area contributed by atoms with Gasteiger partial charge in [-0.25, -0.2) is 8.42 Å². The van der Waals surface area contributed by atoms with Crippen molar-refractivity contribution in [2.75, 3.05) is 24.2 Å². The van der Waals surface area contributed by atoms with E-state index in [0.29, 0.717) is 16.5 Å². The Morgan fingerprint density at radius 1 is 1.11 bits per heavy atom. The molecule has 0 aliphatic carbocycles. The van der Waals surface area contributed by atoms with Gasteiger partial charge in [0, 0.05) is 36.1 Å². The molecule has 2 aromatic rings. The Morgan fingerprint density at radius 2 is 1.75 bits per heavy atom. The number of rotatable bonds is 11. The van der Waals surface area contributed by atoms with Crippen LogP contribution < -0.4 is 14.4 Å². The SMILES string of the molecule is COc1cccc(N(CCCC(=O)N(Cc2ccc(Cl)cc2)[C@H](C)C(=O)NC(C)(C)C)S(C)(=O)=O)c1. The van der Waals surface area contributed by atoms with Gasteiger partial charge in [-0.1, -0.05) is 29.8 Å². The number of anilines is 1. The van der Waals surface area contributed by atoms with E-state index in [2.05, 4.69) is 5.32 Å². The van der Waals surface area contributed by atoms with E-state index in [1.54, 1.807) is 43.3 Å². The molecule has 0 radical (unpaired) electrons. The summed E-state index contributed by atoms with van der Waals surface area (Å²) in [5.74, 6) is 0.0182. The first-order chi connectivity index (χ1) is 16.7. The summed E-state index contributed by atoms with van der Waals surface area (Å²) in [7, 11) is -2.08. The van der Waals surface area contributed by atoms with Crippen molar-refractivity contribution in [2.24, 2.45) is 0 Å². The average molecular weight is 538 g/mol. The number of amides is 2. The van der Waals surface area contributed by atoms with Crippen LogP contribution in [0.1, 0.15) is 46.1 Å². The molecule has 0 aliphatic heterocycles. The van der Waals surface area contributed by atoms with Gasteiger partial charge in [0.15, 0.2) is 0 Å². The smallest absolute Gasteiger partial charge is 0.242 e. The second kappa shape index (κ2) is 12.5. The van der Waals surface area contributed by atoms with Crippen molar-refractivity contribution < 1.29 is 22.7 Å². The lowest BCUT2D eigenvalue weighted by atomic mass is 10.1. The third-order valence-electron chi connectivity index (χ3n) is 5.43. The highest BCUT2D eigenvalue weighted by atomic mass is 35.5. The molecule has 10 heteroatoms. The Balaban J connectivity index is 2.19. The van der Waals surface area contributed by atoms with E-state index in [-0.39, 0.29) is 37.7 Å². The summed E-state index contributed by atoms with van der Waals surface area (Å²) in [4.78, 5) is 27.7. The number of hydrogen-bond acceptors (Lipinski definition) is 5. The van der Waals surface area contributed by atoms with Crippen LogP contribution in [0.25, 0.3) is 0 Å². The minimum absolute atomic E-state index is 0.0662. The normalized spacial score (nSPS) is 12.5. The monoisotopic (exact) mass is 537 g/mol. The van der Waals surface area contributed by atoms with Gasteiger partial charge in [0.25, 0.3) is 0 Å². The number of carbonyl (C=O) groups is 2. The van der Waals surface area contributed by atoms with Crippen LogP contribution in [-0.2, 0) is 26.2 Å². The number of sulfonamides is 1. The first kappa shape index (κ1) is 29.5. The van der Waals surface area contributed by atoms with Crippen molar-refractivity contribution in [1.29, 1.82) is 0 Å².